The first-order valence-corrected chi connectivity index (χ1v) is 7.87. The zero-order valence-electron chi connectivity index (χ0n) is 12.8. The van der Waals surface area contributed by atoms with Gasteiger partial charge >= 0.3 is 0 Å². The zero-order chi connectivity index (χ0) is 15.4. The number of hydrogen-bond donors (Lipinski definition) is 0. The molecule has 1 atom stereocenters. The fourth-order valence-electron chi connectivity index (χ4n) is 3.57. The van der Waals surface area contributed by atoms with Crippen molar-refractivity contribution < 1.29 is 0 Å². The SMILES string of the molecule is Cc1nnc2n1-c1cnc(-n3ccnc3)nc1N1CCCCC21. The van der Waals surface area contributed by atoms with Crippen LogP contribution < -0.4 is 4.90 Å². The molecule has 0 aromatic carbocycles. The summed E-state index contributed by atoms with van der Waals surface area (Å²) in [4.78, 5) is 15.8. The maximum absolute atomic E-state index is 4.82. The Labute approximate surface area is 132 Å². The number of aromatic nitrogens is 7. The fourth-order valence-corrected chi connectivity index (χ4v) is 3.57. The van der Waals surface area contributed by atoms with E-state index in [-0.39, 0.29) is 6.04 Å². The van der Waals surface area contributed by atoms with Crippen molar-refractivity contribution >= 4 is 5.82 Å². The molecule has 1 unspecified atom stereocenters. The Kier molecular flexibility index (Phi) is 2.55. The monoisotopic (exact) mass is 308 g/mol. The Morgan fingerprint density at radius 2 is 2.17 bits per heavy atom. The van der Waals surface area contributed by atoms with Crippen LogP contribution in [0.25, 0.3) is 11.6 Å². The van der Waals surface area contributed by atoms with Gasteiger partial charge in [-0.3, -0.25) is 9.13 Å². The molecule has 5 rings (SSSR count). The smallest absolute Gasteiger partial charge is 0.236 e. The number of piperidine rings is 1. The highest BCUT2D eigenvalue weighted by atomic mass is 15.4. The maximum Gasteiger partial charge on any atom is 0.236 e. The zero-order valence-corrected chi connectivity index (χ0v) is 12.8. The van der Waals surface area contributed by atoms with Crippen LogP contribution in [0, 0.1) is 6.92 Å². The van der Waals surface area contributed by atoms with Crippen LogP contribution in [-0.2, 0) is 0 Å². The third-order valence-electron chi connectivity index (χ3n) is 4.64. The van der Waals surface area contributed by atoms with Crippen LogP contribution in [0.1, 0.15) is 37.0 Å². The molecule has 116 valence electrons. The molecule has 2 aliphatic rings. The van der Waals surface area contributed by atoms with Crippen LogP contribution in [-0.4, -0.2) is 40.8 Å². The minimum Gasteiger partial charge on any atom is -0.344 e. The first-order chi connectivity index (χ1) is 11.3. The van der Waals surface area contributed by atoms with E-state index in [4.69, 9.17) is 4.98 Å². The fraction of sp³-hybridized carbons (Fsp3) is 0.400. The van der Waals surface area contributed by atoms with Crippen LogP contribution >= 0.6 is 0 Å². The van der Waals surface area contributed by atoms with E-state index in [2.05, 4.69) is 29.6 Å². The first-order valence-electron chi connectivity index (χ1n) is 7.87. The van der Waals surface area contributed by atoms with Crippen molar-refractivity contribution in [2.24, 2.45) is 0 Å². The summed E-state index contributed by atoms with van der Waals surface area (Å²) in [6.07, 6.45) is 10.6. The molecular formula is C15H16N8. The molecule has 0 saturated carbocycles. The summed E-state index contributed by atoms with van der Waals surface area (Å²) < 4.78 is 3.92. The van der Waals surface area contributed by atoms with Gasteiger partial charge in [-0.25, -0.2) is 9.97 Å². The van der Waals surface area contributed by atoms with E-state index in [0.717, 1.165) is 36.1 Å². The van der Waals surface area contributed by atoms with E-state index in [1.807, 2.05) is 23.9 Å². The van der Waals surface area contributed by atoms with Gasteiger partial charge < -0.3 is 4.90 Å². The van der Waals surface area contributed by atoms with Crippen molar-refractivity contribution in [1.29, 1.82) is 0 Å². The lowest BCUT2D eigenvalue weighted by molar-refractivity contribution is 0.436. The number of anilines is 1. The lowest BCUT2D eigenvalue weighted by atomic mass is 9.99. The molecule has 23 heavy (non-hydrogen) atoms. The summed E-state index contributed by atoms with van der Waals surface area (Å²) >= 11 is 0. The van der Waals surface area contributed by atoms with Gasteiger partial charge in [-0.15, -0.1) is 10.2 Å². The second-order valence-electron chi connectivity index (χ2n) is 5.99. The average Bonchev–Trinajstić information content (AvgIpc) is 3.25. The van der Waals surface area contributed by atoms with Crippen LogP contribution in [0.5, 0.6) is 0 Å². The molecule has 0 N–H and O–H groups in total. The highest BCUT2D eigenvalue weighted by Gasteiger charge is 2.37. The molecule has 0 amide bonds. The van der Waals surface area contributed by atoms with Crippen LogP contribution in [0.15, 0.2) is 24.9 Å². The highest BCUT2D eigenvalue weighted by molar-refractivity contribution is 5.62. The molecule has 0 bridgehead atoms. The number of aryl methyl sites for hydroxylation is 1. The van der Waals surface area contributed by atoms with E-state index in [9.17, 15) is 0 Å². The van der Waals surface area contributed by atoms with E-state index in [1.54, 1.807) is 12.5 Å². The normalized spacial score (nSPS) is 19.2. The Balaban J connectivity index is 1.74. The lowest BCUT2D eigenvalue weighted by Gasteiger charge is -2.40. The van der Waals surface area contributed by atoms with Crippen molar-refractivity contribution in [2.45, 2.75) is 32.2 Å². The minimum absolute atomic E-state index is 0.253. The molecule has 5 heterocycles. The highest BCUT2D eigenvalue weighted by Crippen LogP contribution is 2.41. The first kappa shape index (κ1) is 12.7. The van der Waals surface area contributed by atoms with Crippen LogP contribution in [0.3, 0.4) is 0 Å². The summed E-state index contributed by atoms with van der Waals surface area (Å²) in [5, 5.41) is 8.69. The molecule has 3 aromatic heterocycles. The number of rotatable bonds is 1. The summed E-state index contributed by atoms with van der Waals surface area (Å²) in [6, 6.07) is 0.253. The van der Waals surface area contributed by atoms with E-state index >= 15 is 0 Å². The van der Waals surface area contributed by atoms with Gasteiger partial charge in [0.25, 0.3) is 0 Å². The summed E-state index contributed by atoms with van der Waals surface area (Å²) in [5.74, 6) is 3.49. The van der Waals surface area contributed by atoms with Crippen molar-refractivity contribution in [3.05, 3.63) is 36.6 Å². The van der Waals surface area contributed by atoms with Gasteiger partial charge in [0.15, 0.2) is 11.6 Å². The maximum atomic E-state index is 4.82. The average molecular weight is 308 g/mol. The van der Waals surface area contributed by atoms with Gasteiger partial charge in [-0.2, -0.15) is 4.98 Å². The second kappa shape index (κ2) is 4.61. The number of nitrogens with zero attached hydrogens (tertiary/aromatic N) is 8. The van der Waals surface area contributed by atoms with Gasteiger partial charge in [0.05, 0.1) is 12.2 Å². The summed E-state index contributed by atoms with van der Waals surface area (Å²) in [6.45, 7) is 2.96. The Hall–Kier alpha value is -2.77. The molecule has 1 fully saturated rings. The van der Waals surface area contributed by atoms with Crippen LogP contribution in [0.2, 0.25) is 0 Å². The van der Waals surface area contributed by atoms with Gasteiger partial charge in [-0.1, -0.05) is 0 Å². The van der Waals surface area contributed by atoms with E-state index < -0.39 is 0 Å². The Morgan fingerprint density at radius 3 is 3.04 bits per heavy atom. The Bertz CT molecular complexity index is 866. The van der Waals surface area contributed by atoms with Crippen molar-refractivity contribution in [1.82, 2.24) is 34.3 Å². The molecule has 3 aromatic rings. The van der Waals surface area contributed by atoms with Gasteiger partial charge in [0.1, 0.15) is 17.8 Å². The molecular weight excluding hydrogens is 292 g/mol. The van der Waals surface area contributed by atoms with Crippen molar-refractivity contribution in [3.8, 4) is 11.6 Å². The molecule has 8 nitrogen and oxygen atoms in total. The van der Waals surface area contributed by atoms with Crippen molar-refractivity contribution in [3.63, 3.8) is 0 Å². The number of fused-ring (bicyclic) bond motifs is 6. The largest absolute Gasteiger partial charge is 0.344 e. The number of imidazole rings is 1. The standard InChI is InChI=1S/C15H16N8/c1-10-19-20-14-11-4-2-3-6-22(11)13-12(23(10)14)8-17-15(18-13)21-7-5-16-9-21/h5,7-9,11H,2-4,6H2,1H3. The van der Waals surface area contributed by atoms with Gasteiger partial charge in [0, 0.05) is 18.9 Å². The predicted molar refractivity (Wildman–Crippen MR) is 82.7 cm³/mol. The molecule has 0 radical (unpaired) electrons. The molecule has 2 aliphatic heterocycles. The lowest BCUT2D eigenvalue weighted by Crippen LogP contribution is -2.39. The summed E-state index contributed by atoms with van der Waals surface area (Å²) in [7, 11) is 0. The van der Waals surface area contributed by atoms with Gasteiger partial charge in [-0.05, 0) is 26.2 Å². The quantitative estimate of drug-likeness (QED) is 0.679. The van der Waals surface area contributed by atoms with Crippen LogP contribution in [0.4, 0.5) is 5.82 Å². The molecule has 1 saturated heterocycles. The topological polar surface area (TPSA) is 77.5 Å². The second-order valence-corrected chi connectivity index (χ2v) is 5.99. The van der Waals surface area contributed by atoms with E-state index in [0.29, 0.717) is 5.95 Å². The molecule has 8 heteroatoms. The predicted octanol–water partition coefficient (Wildman–Crippen LogP) is 1.60. The Morgan fingerprint density at radius 1 is 1.22 bits per heavy atom. The third kappa shape index (κ3) is 1.74. The molecule has 0 aliphatic carbocycles. The molecule has 0 spiro atoms. The number of hydrogen-bond acceptors (Lipinski definition) is 6. The summed E-state index contributed by atoms with van der Waals surface area (Å²) in [5.41, 5.74) is 0.963. The van der Waals surface area contributed by atoms with E-state index in [1.165, 1.54) is 12.8 Å². The third-order valence-corrected chi connectivity index (χ3v) is 4.64. The van der Waals surface area contributed by atoms with Gasteiger partial charge in [0.2, 0.25) is 5.95 Å². The minimum atomic E-state index is 0.253. The van der Waals surface area contributed by atoms with Crippen molar-refractivity contribution in [2.75, 3.05) is 11.4 Å².